The zero-order valence-electron chi connectivity index (χ0n) is 17.2. The maximum absolute atomic E-state index is 13.3. The number of thioether (sulfide) groups is 2. The predicted molar refractivity (Wildman–Crippen MR) is 123 cm³/mol. The van der Waals surface area contributed by atoms with Crippen molar-refractivity contribution in [3.8, 4) is 0 Å². The van der Waals surface area contributed by atoms with Gasteiger partial charge >= 0.3 is 0 Å². The summed E-state index contributed by atoms with van der Waals surface area (Å²) in [5, 5.41) is 0. The molecule has 0 N–H and O–H groups in total. The number of aldehydes is 1. The van der Waals surface area contributed by atoms with Crippen LogP contribution in [0.1, 0.15) is 33.1 Å². The monoisotopic (exact) mass is 433 g/mol. The number of hydrogen-bond acceptors (Lipinski definition) is 5. The molecule has 156 valence electrons. The zero-order valence-corrected chi connectivity index (χ0v) is 18.8. The van der Waals surface area contributed by atoms with E-state index in [1.54, 1.807) is 11.8 Å². The van der Waals surface area contributed by atoms with Gasteiger partial charge in [0.15, 0.2) is 12.1 Å². The molecule has 0 spiro atoms. The molecule has 1 atom stereocenters. The van der Waals surface area contributed by atoms with Crippen molar-refractivity contribution in [1.29, 1.82) is 0 Å². The van der Waals surface area contributed by atoms with Crippen LogP contribution in [0.2, 0.25) is 0 Å². The van der Waals surface area contributed by atoms with Gasteiger partial charge in [-0.15, -0.1) is 23.5 Å². The van der Waals surface area contributed by atoms with Crippen molar-refractivity contribution in [1.82, 2.24) is 0 Å². The summed E-state index contributed by atoms with van der Waals surface area (Å²) in [6, 6.07) is 10.8. The minimum Gasteiger partial charge on any atom is -0.461 e. The Balaban J connectivity index is 2.00. The van der Waals surface area contributed by atoms with Crippen LogP contribution in [0.5, 0.6) is 0 Å². The predicted octanol–water partition coefficient (Wildman–Crippen LogP) is 6.30. The summed E-state index contributed by atoms with van der Waals surface area (Å²) >= 11 is 3.51. The van der Waals surface area contributed by atoms with Gasteiger partial charge in [-0.3, -0.25) is 4.79 Å². The number of fused-ring (bicyclic) bond motifs is 1. The molecule has 29 heavy (non-hydrogen) atoms. The summed E-state index contributed by atoms with van der Waals surface area (Å²) in [6.07, 6.45) is 8.16. The Hall–Kier alpha value is -1.66. The van der Waals surface area contributed by atoms with Crippen LogP contribution in [0.3, 0.4) is 0 Å². The molecule has 1 unspecified atom stereocenters. The van der Waals surface area contributed by atoms with E-state index in [1.807, 2.05) is 30.2 Å². The van der Waals surface area contributed by atoms with Crippen molar-refractivity contribution in [3.05, 3.63) is 64.1 Å². The number of para-hydroxylation sites is 1. The molecule has 1 aliphatic heterocycles. The van der Waals surface area contributed by atoms with Gasteiger partial charge in [-0.1, -0.05) is 32.0 Å². The highest BCUT2D eigenvalue weighted by Gasteiger charge is 2.39. The molecule has 3 rings (SSSR count). The molecular weight excluding hydrogens is 405 g/mol. The van der Waals surface area contributed by atoms with Gasteiger partial charge in [0.05, 0.1) is 6.04 Å². The van der Waals surface area contributed by atoms with E-state index in [0.717, 1.165) is 42.7 Å². The highest BCUT2D eigenvalue weighted by molar-refractivity contribution is 8.03. The molecule has 0 bridgehead atoms. The van der Waals surface area contributed by atoms with Gasteiger partial charge < -0.3 is 9.64 Å². The number of halogens is 1. The molecule has 1 aromatic rings. The van der Waals surface area contributed by atoms with Crippen LogP contribution in [-0.4, -0.2) is 30.9 Å². The summed E-state index contributed by atoms with van der Waals surface area (Å²) in [7, 11) is 0. The highest BCUT2D eigenvalue weighted by atomic mass is 32.2. The third-order valence-electron chi connectivity index (χ3n) is 5.93. The molecule has 2 aliphatic rings. The van der Waals surface area contributed by atoms with E-state index in [1.165, 1.54) is 10.6 Å². The van der Waals surface area contributed by atoms with E-state index >= 15 is 0 Å². The minimum atomic E-state index is -0.908. The molecule has 0 amide bonds. The number of carbonyl (C=O) groups is 1. The molecule has 1 heterocycles. The fourth-order valence-corrected chi connectivity index (χ4v) is 6.04. The lowest BCUT2D eigenvalue weighted by Crippen LogP contribution is -2.43. The number of benzene rings is 1. The van der Waals surface area contributed by atoms with E-state index < -0.39 is 5.83 Å². The molecule has 0 aromatic heterocycles. The number of anilines is 1. The summed E-state index contributed by atoms with van der Waals surface area (Å²) in [5.74, 6) is 0.780. The average molecular weight is 434 g/mol. The third-order valence-corrected chi connectivity index (χ3v) is 8.27. The van der Waals surface area contributed by atoms with Crippen molar-refractivity contribution in [3.63, 3.8) is 0 Å². The second-order valence-corrected chi connectivity index (χ2v) is 9.41. The first-order chi connectivity index (χ1) is 14.1. The Morgan fingerprint density at radius 3 is 2.69 bits per heavy atom. The fraction of sp³-hybridized carbons (Fsp3) is 0.435. The third kappa shape index (κ3) is 4.92. The smallest absolute Gasteiger partial charge is 0.197 e. The van der Waals surface area contributed by atoms with Gasteiger partial charge in [0.2, 0.25) is 0 Å². The lowest BCUT2D eigenvalue weighted by atomic mass is 9.83. The van der Waals surface area contributed by atoms with Gasteiger partial charge in [0.1, 0.15) is 12.0 Å². The van der Waals surface area contributed by atoms with Gasteiger partial charge in [-0.05, 0) is 42.7 Å². The number of hydrogen-bond donors (Lipinski definition) is 0. The van der Waals surface area contributed by atoms with E-state index in [4.69, 9.17) is 4.74 Å². The van der Waals surface area contributed by atoms with Crippen molar-refractivity contribution < 1.29 is 13.9 Å². The largest absolute Gasteiger partial charge is 0.461 e. The lowest BCUT2D eigenvalue weighted by Gasteiger charge is -2.40. The van der Waals surface area contributed by atoms with E-state index in [2.05, 4.69) is 43.0 Å². The maximum Gasteiger partial charge on any atom is 0.197 e. The SMILES string of the molecule is CCC1(CC)CSC2=CC(O/C=C(\F)C=O)=C(SC)CC2N(c2ccccc2)C1. The Bertz CT molecular complexity index is 815. The lowest BCUT2D eigenvalue weighted by molar-refractivity contribution is -0.106. The summed E-state index contributed by atoms with van der Waals surface area (Å²) in [5.41, 5.74) is 1.47. The molecule has 3 nitrogen and oxygen atoms in total. The molecule has 1 aliphatic carbocycles. The van der Waals surface area contributed by atoms with Crippen LogP contribution in [0.4, 0.5) is 10.1 Å². The quantitative estimate of drug-likeness (QED) is 0.286. The molecule has 0 saturated carbocycles. The van der Waals surface area contributed by atoms with Crippen LogP contribution in [0.15, 0.2) is 64.1 Å². The van der Waals surface area contributed by atoms with Crippen molar-refractivity contribution in [2.75, 3.05) is 23.5 Å². The van der Waals surface area contributed by atoms with Crippen LogP contribution in [0.25, 0.3) is 0 Å². The Labute approximate surface area is 181 Å². The first-order valence-electron chi connectivity index (χ1n) is 9.96. The topological polar surface area (TPSA) is 29.5 Å². The van der Waals surface area contributed by atoms with Crippen LogP contribution < -0.4 is 4.90 Å². The van der Waals surface area contributed by atoms with Crippen molar-refractivity contribution in [2.45, 2.75) is 39.2 Å². The molecule has 1 fully saturated rings. The first-order valence-corrected chi connectivity index (χ1v) is 12.2. The molecule has 1 aromatic carbocycles. The summed E-state index contributed by atoms with van der Waals surface area (Å²) in [6.45, 7) is 5.57. The van der Waals surface area contributed by atoms with E-state index in [0.29, 0.717) is 5.76 Å². The van der Waals surface area contributed by atoms with E-state index in [-0.39, 0.29) is 17.7 Å². The van der Waals surface area contributed by atoms with Crippen LogP contribution in [-0.2, 0) is 9.53 Å². The molecular formula is C23H28FNO2S2. The fourth-order valence-electron chi connectivity index (χ4n) is 3.84. The molecule has 0 radical (unpaired) electrons. The molecule has 6 heteroatoms. The minimum absolute atomic E-state index is 0.159. The van der Waals surface area contributed by atoms with E-state index in [9.17, 15) is 9.18 Å². The Kier molecular flexibility index (Phi) is 7.52. The number of carbonyl (C=O) groups excluding carboxylic acids is 1. The maximum atomic E-state index is 13.3. The van der Waals surface area contributed by atoms with Gasteiger partial charge in [-0.2, -0.15) is 4.39 Å². The second-order valence-electron chi connectivity index (χ2n) is 7.46. The number of allylic oxidation sites excluding steroid dienone is 2. The summed E-state index contributed by atoms with van der Waals surface area (Å²) in [4.78, 5) is 15.4. The normalized spacial score (nSPS) is 21.9. The highest BCUT2D eigenvalue weighted by Crippen LogP contribution is 2.47. The average Bonchev–Trinajstić information content (AvgIpc) is 2.94. The second kappa shape index (κ2) is 9.90. The standard InChI is InChI=1S/C23H28FNO2S2/c1-4-23(5-2)15-25(18-9-7-6-8-10-18)19-11-22(28-3)20(12-21(19)29-16-23)27-14-17(24)13-26/h6-10,12-14,19H,4-5,11,15-16H2,1-3H3/b17-14-. The van der Waals surface area contributed by atoms with Gasteiger partial charge in [-0.25, -0.2) is 0 Å². The van der Waals surface area contributed by atoms with Gasteiger partial charge in [0, 0.05) is 34.2 Å². The van der Waals surface area contributed by atoms with Gasteiger partial charge in [0.25, 0.3) is 0 Å². The zero-order chi connectivity index (χ0) is 20.9. The number of rotatable bonds is 7. The number of ether oxygens (including phenoxy) is 1. The van der Waals surface area contributed by atoms with Crippen molar-refractivity contribution in [2.24, 2.45) is 5.41 Å². The first kappa shape index (κ1) is 22.0. The Morgan fingerprint density at radius 1 is 1.34 bits per heavy atom. The molecule has 1 saturated heterocycles. The number of nitrogens with zero attached hydrogens (tertiary/aromatic N) is 1. The van der Waals surface area contributed by atoms with Crippen LogP contribution >= 0.6 is 23.5 Å². The Morgan fingerprint density at radius 2 is 2.07 bits per heavy atom. The van der Waals surface area contributed by atoms with Crippen molar-refractivity contribution >= 4 is 35.5 Å². The summed E-state index contributed by atoms with van der Waals surface area (Å²) < 4.78 is 18.9. The van der Waals surface area contributed by atoms with Crippen LogP contribution in [0, 0.1) is 5.41 Å².